The molecule has 19 heavy (non-hydrogen) atoms. The van der Waals surface area contributed by atoms with E-state index in [1.165, 1.54) is 0 Å². The lowest BCUT2D eigenvalue weighted by molar-refractivity contribution is 0.182. The largest absolute Gasteiger partial charge is 0.383 e. The lowest BCUT2D eigenvalue weighted by atomic mass is 10.0. The van der Waals surface area contributed by atoms with Crippen molar-refractivity contribution < 1.29 is 4.74 Å². The van der Waals surface area contributed by atoms with E-state index in [0.717, 1.165) is 28.7 Å². The predicted molar refractivity (Wildman–Crippen MR) is 78.9 cm³/mol. The summed E-state index contributed by atoms with van der Waals surface area (Å²) in [6, 6.07) is 10.1. The number of methoxy groups -OCH3 is 1. The Bertz CT molecular complexity index is 513. The van der Waals surface area contributed by atoms with E-state index in [-0.39, 0.29) is 6.04 Å². The fourth-order valence-electron chi connectivity index (χ4n) is 1.99. The van der Waals surface area contributed by atoms with Crippen molar-refractivity contribution in [3.05, 3.63) is 52.3 Å². The van der Waals surface area contributed by atoms with E-state index >= 15 is 0 Å². The number of rotatable bonds is 6. The topological polar surface area (TPSA) is 53.1 Å². The first kappa shape index (κ1) is 14.2. The Morgan fingerprint density at radius 2 is 2.11 bits per heavy atom. The van der Waals surface area contributed by atoms with E-state index in [9.17, 15) is 0 Å². The van der Waals surface area contributed by atoms with Crippen LogP contribution in [0.2, 0.25) is 0 Å². The van der Waals surface area contributed by atoms with E-state index < -0.39 is 0 Å². The highest BCUT2D eigenvalue weighted by Gasteiger charge is 2.14. The van der Waals surface area contributed by atoms with E-state index in [1.54, 1.807) is 7.11 Å². The van der Waals surface area contributed by atoms with E-state index in [2.05, 4.69) is 33.2 Å². The van der Waals surface area contributed by atoms with E-state index in [0.29, 0.717) is 6.61 Å². The molecule has 0 amide bonds. The zero-order valence-corrected chi connectivity index (χ0v) is 12.5. The first-order chi connectivity index (χ1) is 9.22. The second kappa shape index (κ2) is 6.84. The summed E-state index contributed by atoms with van der Waals surface area (Å²) in [6.07, 6.45) is 2.55. The number of hydrogen-bond donors (Lipinski definition) is 1. The molecule has 2 aromatic rings. The van der Waals surface area contributed by atoms with Gasteiger partial charge < -0.3 is 10.5 Å². The Morgan fingerprint density at radius 1 is 1.37 bits per heavy atom. The van der Waals surface area contributed by atoms with Crippen LogP contribution >= 0.6 is 15.9 Å². The minimum atomic E-state index is -0.0319. The molecule has 1 atom stereocenters. The van der Waals surface area contributed by atoms with Gasteiger partial charge in [0, 0.05) is 19.6 Å². The van der Waals surface area contributed by atoms with Crippen molar-refractivity contribution in [3.63, 3.8) is 0 Å². The minimum Gasteiger partial charge on any atom is -0.383 e. The molecular weight excluding hydrogens is 306 g/mol. The van der Waals surface area contributed by atoms with Crippen LogP contribution in [0.1, 0.15) is 17.3 Å². The molecule has 0 aliphatic rings. The Balaban J connectivity index is 2.12. The molecule has 0 bridgehead atoms. The highest BCUT2D eigenvalue weighted by Crippen LogP contribution is 2.22. The molecule has 0 saturated heterocycles. The van der Waals surface area contributed by atoms with Crippen LogP contribution in [-0.4, -0.2) is 23.5 Å². The van der Waals surface area contributed by atoms with Crippen LogP contribution in [0.15, 0.2) is 41.0 Å². The van der Waals surface area contributed by atoms with Gasteiger partial charge in [-0.15, -0.1) is 0 Å². The quantitative estimate of drug-likeness (QED) is 0.888. The number of benzene rings is 1. The maximum absolute atomic E-state index is 6.26. The molecule has 1 aromatic heterocycles. The number of hydrogen-bond acceptors (Lipinski definition) is 3. The summed E-state index contributed by atoms with van der Waals surface area (Å²) in [5.41, 5.74) is 8.50. The third kappa shape index (κ3) is 3.65. The molecule has 1 aromatic carbocycles. The molecule has 2 rings (SSSR count). The van der Waals surface area contributed by atoms with Gasteiger partial charge in [-0.2, -0.15) is 5.10 Å². The van der Waals surface area contributed by atoms with Crippen molar-refractivity contribution >= 4 is 15.9 Å². The maximum atomic E-state index is 6.26. The molecule has 0 radical (unpaired) electrons. The third-order valence-electron chi connectivity index (χ3n) is 3.05. The number of nitrogens with zero attached hydrogens (tertiary/aromatic N) is 2. The van der Waals surface area contributed by atoms with Gasteiger partial charge in [-0.25, -0.2) is 0 Å². The number of halogens is 1. The second-order valence-corrected chi connectivity index (χ2v) is 5.23. The van der Waals surface area contributed by atoms with Gasteiger partial charge in [0.1, 0.15) is 0 Å². The Morgan fingerprint density at radius 3 is 2.79 bits per heavy atom. The zero-order valence-electron chi connectivity index (χ0n) is 10.9. The molecule has 5 heteroatoms. The van der Waals surface area contributed by atoms with E-state index in [1.807, 2.05) is 29.1 Å². The van der Waals surface area contributed by atoms with Crippen LogP contribution in [0.25, 0.3) is 0 Å². The highest BCUT2D eigenvalue weighted by atomic mass is 79.9. The standard InChI is InChI=1S/C14H18BrN3O/c1-19-8-7-18-14(12(15)10-17-18)9-13(16)11-5-3-2-4-6-11/h2-6,10,13H,7-9,16H2,1H3. The predicted octanol–water partition coefficient (Wildman–Crippen LogP) is 2.53. The second-order valence-electron chi connectivity index (χ2n) is 4.38. The summed E-state index contributed by atoms with van der Waals surface area (Å²) in [7, 11) is 1.69. The van der Waals surface area contributed by atoms with Crippen molar-refractivity contribution in [2.75, 3.05) is 13.7 Å². The highest BCUT2D eigenvalue weighted by molar-refractivity contribution is 9.10. The van der Waals surface area contributed by atoms with Crippen LogP contribution < -0.4 is 5.73 Å². The monoisotopic (exact) mass is 323 g/mol. The maximum Gasteiger partial charge on any atom is 0.0658 e. The molecule has 0 fully saturated rings. The lowest BCUT2D eigenvalue weighted by Gasteiger charge is -2.14. The van der Waals surface area contributed by atoms with Crippen molar-refractivity contribution in [1.82, 2.24) is 9.78 Å². The van der Waals surface area contributed by atoms with Crippen LogP contribution in [-0.2, 0) is 17.7 Å². The SMILES string of the molecule is COCCn1ncc(Br)c1CC(N)c1ccccc1. The van der Waals surface area contributed by atoms with Gasteiger partial charge in [0.15, 0.2) is 0 Å². The molecule has 4 nitrogen and oxygen atoms in total. The summed E-state index contributed by atoms with van der Waals surface area (Å²) < 4.78 is 8.03. The number of nitrogens with two attached hydrogens (primary N) is 1. The summed E-state index contributed by atoms with van der Waals surface area (Å²) in [5.74, 6) is 0. The normalized spacial score (nSPS) is 12.6. The van der Waals surface area contributed by atoms with Gasteiger partial charge in [0.05, 0.1) is 29.5 Å². The molecule has 0 aliphatic carbocycles. The average molecular weight is 324 g/mol. The Labute approximate surface area is 121 Å². The summed E-state index contributed by atoms with van der Waals surface area (Å²) in [6.45, 7) is 1.38. The Kier molecular flexibility index (Phi) is 5.13. The van der Waals surface area contributed by atoms with Gasteiger partial charge >= 0.3 is 0 Å². The van der Waals surface area contributed by atoms with Crippen LogP contribution in [0.3, 0.4) is 0 Å². The van der Waals surface area contributed by atoms with Crippen LogP contribution in [0, 0.1) is 0 Å². The van der Waals surface area contributed by atoms with Crippen molar-refractivity contribution in [3.8, 4) is 0 Å². The third-order valence-corrected chi connectivity index (χ3v) is 3.71. The molecular formula is C14H18BrN3O. The van der Waals surface area contributed by atoms with Crippen molar-refractivity contribution in [2.45, 2.75) is 19.0 Å². The summed E-state index contributed by atoms with van der Waals surface area (Å²) in [4.78, 5) is 0. The van der Waals surface area contributed by atoms with Crippen molar-refractivity contribution in [2.24, 2.45) is 5.73 Å². The van der Waals surface area contributed by atoms with Gasteiger partial charge in [0.2, 0.25) is 0 Å². The number of ether oxygens (including phenoxy) is 1. The van der Waals surface area contributed by atoms with Gasteiger partial charge in [-0.3, -0.25) is 4.68 Å². The molecule has 0 spiro atoms. The molecule has 102 valence electrons. The van der Waals surface area contributed by atoms with Crippen LogP contribution in [0.4, 0.5) is 0 Å². The molecule has 1 heterocycles. The smallest absolute Gasteiger partial charge is 0.0658 e. The van der Waals surface area contributed by atoms with Gasteiger partial charge in [-0.1, -0.05) is 30.3 Å². The first-order valence-corrected chi connectivity index (χ1v) is 7.01. The molecule has 2 N–H and O–H groups in total. The van der Waals surface area contributed by atoms with Gasteiger partial charge in [0.25, 0.3) is 0 Å². The van der Waals surface area contributed by atoms with Crippen LogP contribution in [0.5, 0.6) is 0 Å². The fourth-order valence-corrected chi connectivity index (χ4v) is 2.45. The van der Waals surface area contributed by atoms with Crippen molar-refractivity contribution in [1.29, 1.82) is 0 Å². The zero-order chi connectivity index (χ0) is 13.7. The minimum absolute atomic E-state index is 0.0319. The van der Waals surface area contributed by atoms with Gasteiger partial charge in [-0.05, 0) is 21.5 Å². The fraction of sp³-hybridized carbons (Fsp3) is 0.357. The average Bonchev–Trinajstić information content (AvgIpc) is 2.78. The first-order valence-electron chi connectivity index (χ1n) is 6.22. The Hall–Kier alpha value is -1.17. The summed E-state index contributed by atoms with van der Waals surface area (Å²) >= 11 is 3.53. The number of aromatic nitrogens is 2. The van der Waals surface area contributed by atoms with E-state index in [4.69, 9.17) is 10.5 Å². The lowest BCUT2D eigenvalue weighted by Crippen LogP contribution is -2.17. The summed E-state index contributed by atoms with van der Waals surface area (Å²) in [5, 5.41) is 4.33. The molecule has 0 aliphatic heterocycles. The molecule has 1 unspecified atom stereocenters. The molecule has 0 saturated carbocycles.